The van der Waals surface area contributed by atoms with Crippen LogP contribution in [0.15, 0.2) is 23.8 Å². The lowest BCUT2D eigenvalue weighted by atomic mass is 9.68. The van der Waals surface area contributed by atoms with Gasteiger partial charge >= 0.3 is 0 Å². The van der Waals surface area contributed by atoms with E-state index in [1.807, 2.05) is 0 Å². The lowest BCUT2D eigenvalue weighted by Gasteiger charge is -2.46. The molecule has 0 bridgehead atoms. The van der Waals surface area contributed by atoms with E-state index in [0.717, 1.165) is 6.92 Å². The van der Waals surface area contributed by atoms with Crippen molar-refractivity contribution in [3.05, 3.63) is 34.9 Å². The summed E-state index contributed by atoms with van der Waals surface area (Å²) < 4.78 is 204. The number of hydrogen-bond donors (Lipinski definition) is 1. The molecule has 1 aromatic rings. The Kier molecular flexibility index (Phi) is 1.09. The number of hydrogen-bond acceptors (Lipinski definition) is 2. The van der Waals surface area contributed by atoms with Crippen LogP contribution in [0.1, 0.15) is 109 Å². The monoisotopic (exact) mass is 338 g/mol. The minimum absolute atomic E-state index is 0.275. The molecule has 2 atom stereocenters. The summed E-state index contributed by atoms with van der Waals surface area (Å²) in [6.07, 6.45) is -23.8. The van der Waals surface area contributed by atoms with Crippen molar-refractivity contribution in [1.82, 2.24) is 0 Å². The van der Waals surface area contributed by atoms with E-state index in [9.17, 15) is 7.85 Å². The van der Waals surface area contributed by atoms with Crippen LogP contribution >= 0.6 is 0 Å². The molecule has 1 aliphatic carbocycles. The van der Waals surface area contributed by atoms with Gasteiger partial charge in [0.15, 0.2) is 0 Å². The summed E-state index contributed by atoms with van der Waals surface area (Å²) in [7, 11) is 0. The fourth-order valence-electron chi connectivity index (χ4n) is 2.31. The fraction of sp³-hybridized carbons (Fsp3) is 0.619. The standard InChI is InChI=1S/C21H30O2/c1-5-6-7-8-15-12-18(22)20-16-11-14(2)9-10-17(16)21(3,4)23-19(20)13-15/h11-13,16-17,22H,5-10H2,1-4H3/t16-,17-/m1/s1/i1D3,3D3,4D3,5D2,6D2,7D2,8D2,9D2,10D2,11D,16D,17D. The maximum atomic E-state index is 11.2. The van der Waals surface area contributed by atoms with Crippen LogP contribution in [0.5, 0.6) is 11.5 Å². The van der Waals surface area contributed by atoms with Crippen molar-refractivity contribution < 1.29 is 42.7 Å². The van der Waals surface area contributed by atoms with Crippen molar-refractivity contribution in [2.24, 2.45) is 5.89 Å². The second-order valence-electron chi connectivity index (χ2n) is 4.90. The molecule has 0 radical (unpaired) electrons. The third kappa shape index (κ3) is 3.13. The quantitative estimate of drug-likeness (QED) is 0.710. The van der Waals surface area contributed by atoms with E-state index in [1.54, 1.807) is 0 Å². The maximum Gasteiger partial charge on any atom is 0.127 e. The average molecular weight is 339 g/mol. The molecule has 23 heavy (non-hydrogen) atoms. The Balaban J connectivity index is 2.61. The zero-order valence-corrected chi connectivity index (χ0v) is 12.0. The number of allylic oxidation sites excluding steroid dienone is 2. The van der Waals surface area contributed by atoms with Crippen molar-refractivity contribution in [1.29, 1.82) is 0 Å². The Morgan fingerprint density at radius 2 is 2.39 bits per heavy atom. The van der Waals surface area contributed by atoms with Gasteiger partial charge in [0.2, 0.25) is 0 Å². The molecule has 0 fully saturated rings. The maximum absolute atomic E-state index is 11.2. The van der Waals surface area contributed by atoms with Crippen molar-refractivity contribution >= 4 is 0 Å². The number of phenols is 1. The highest BCUT2D eigenvalue weighted by Crippen LogP contribution is 2.53. The summed E-state index contributed by atoms with van der Waals surface area (Å²) in [5, 5.41) is 11.2. The molecule has 0 saturated heterocycles. The zero-order valence-electron chi connectivity index (χ0n) is 36.0. The van der Waals surface area contributed by atoms with E-state index in [-0.39, 0.29) is 12.1 Å². The SMILES string of the molecule is [2H]C1=C(C)C([2H])([2H])C([2H])([2H])[C@@]2([2H])C(C([2H])([2H])[2H])(C([2H])([2H])[2H])Oc3cc(C([2H])([2H])C([2H])([2H])C([2H])([2H])C([2H])([2H])C([2H])([2H])[2H])cc(O)c3[C@]12[2H]. The van der Waals surface area contributed by atoms with Crippen molar-refractivity contribution in [3.63, 3.8) is 0 Å². The summed E-state index contributed by atoms with van der Waals surface area (Å²) >= 11 is 0. The Bertz CT molecular complexity index is 1480. The normalized spacial score (nSPS) is 55.9. The first-order chi connectivity index (χ1) is 20.3. The molecule has 0 amide bonds. The number of rotatable bonds is 4. The van der Waals surface area contributed by atoms with Gasteiger partial charge in [-0.1, -0.05) is 31.2 Å². The molecule has 0 aromatic heterocycles. The van der Waals surface area contributed by atoms with Gasteiger partial charge in [-0.3, -0.25) is 0 Å². The third-order valence-corrected chi connectivity index (χ3v) is 3.22. The van der Waals surface area contributed by atoms with Gasteiger partial charge < -0.3 is 9.84 Å². The van der Waals surface area contributed by atoms with Gasteiger partial charge in [-0.05, 0) is 63.8 Å². The predicted molar refractivity (Wildman–Crippen MR) is 95.3 cm³/mol. The first kappa shape index (κ1) is 4.03. The molecule has 3 rings (SSSR count). The van der Waals surface area contributed by atoms with Gasteiger partial charge in [-0.2, -0.15) is 0 Å². The van der Waals surface area contributed by atoms with Gasteiger partial charge in [0, 0.05) is 48.9 Å². The smallest absolute Gasteiger partial charge is 0.127 e. The molecule has 0 saturated carbocycles. The molecule has 1 heterocycles. The molecule has 126 valence electrons. The molecule has 0 unspecified atom stereocenters. The number of aromatic hydroxyl groups is 1. The summed E-state index contributed by atoms with van der Waals surface area (Å²) in [6, 6.07) is -0.799. The van der Waals surface area contributed by atoms with Crippen LogP contribution < -0.4 is 4.74 Å². The van der Waals surface area contributed by atoms with Crippen LogP contribution in [0.25, 0.3) is 0 Å². The molecule has 1 N–H and O–H groups in total. The van der Waals surface area contributed by atoms with Crippen LogP contribution in [0, 0.1) is 5.89 Å². The Morgan fingerprint density at radius 3 is 3.17 bits per heavy atom. The van der Waals surface area contributed by atoms with Gasteiger partial charge in [0.25, 0.3) is 0 Å². The first-order valence-electron chi connectivity index (χ1n) is 18.5. The molecule has 1 aliphatic heterocycles. The average Bonchev–Trinajstić information content (AvgIpc) is 2.85. The van der Waals surface area contributed by atoms with Crippen molar-refractivity contribution in [3.8, 4) is 11.5 Å². The lowest BCUT2D eigenvalue weighted by molar-refractivity contribution is 0.0107. The second-order valence-corrected chi connectivity index (χ2v) is 4.90. The number of benzene rings is 1. The molecule has 2 aliphatic rings. The van der Waals surface area contributed by atoms with E-state index in [0.29, 0.717) is 0 Å². The molecular weight excluding hydrogens is 284 g/mol. The van der Waals surface area contributed by atoms with Gasteiger partial charge in [0.1, 0.15) is 17.1 Å². The lowest BCUT2D eigenvalue weighted by Crippen LogP contribution is -2.45. The van der Waals surface area contributed by atoms with Gasteiger partial charge in [-0.25, -0.2) is 0 Å². The number of fused-ring (bicyclic) bond motifs is 3. The number of aryl methyl sites for hydroxylation is 1. The van der Waals surface area contributed by atoms with Crippen LogP contribution in [-0.4, -0.2) is 10.7 Å². The minimum Gasteiger partial charge on any atom is -0.507 e. The summed E-state index contributed by atoms with van der Waals surface area (Å²) in [5.41, 5.74) is -7.64. The van der Waals surface area contributed by atoms with Crippen molar-refractivity contribution in [2.45, 2.75) is 77.2 Å². The molecule has 0 spiro atoms. The Hall–Kier alpha value is -1.44. The van der Waals surface area contributed by atoms with Gasteiger partial charge in [0.05, 0.1) is 1.37 Å². The van der Waals surface area contributed by atoms with Gasteiger partial charge in [-0.15, -0.1) is 0 Å². The number of ether oxygens (including phenoxy) is 1. The second kappa shape index (κ2) is 6.22. The third-order valence-electron chi connectivity index (χ3n) is 3.22. The summed E-state index contributed by atoms with van der Waals surface area (Å²) in [5.74, 6) is -10.6. The Morgan fingerprint density at radius 1 is 1.52 bits per heavy atom. The molecule has 2 heteroatoms. The molecule has 1 aromatic carbocycles. The highest BCUT2D eigenvalue weighted by atomic mass is 16.5. The Labute approximate surface area is 174 Å². The van der Waals surface area contributed by atoms with Crippen LogP contribution in [0.3, 0.4) is 0 Å². The molecular formula is C21H30O2. The highest BCUT2D eigenvalue weighted by Gasteiger charge is 2.45. The number of phenolic OH excluding ortho intramolecular Hbond substituents is 1. The van der Waals surface area contributed by atoms with E-state index in [1.165, 1.54) is 0 Å². The highest BCUT2D eigenvalue weighted by molar-refractivity contribution is 5.53. The summed E-state index contributed by atoms with van der Waals surface area (Å²) in [6.45, 7) is -11.4. The van der Waals surface area contributed by atoms with Crippen LogP contribution in [-0.2, 0) is 6.37 Å². The zero-order chi connectivity index (χ0) is 37.6. The largest absolute Gasteiger partial charge is 0.507 e. The van der Waals surface area contributed by atoms with E-state index < -0.39 is 110 Å². The van der Waals surface area contributed by atoms with Crippen molar-refractivity contribution in [2.75, 3.05) is 0 Å². The van der Waals surface area contributed by atoms with Crippen LogP contribution in [0.4, 0.5) is 0 Å². The first-order valence-corrected chi connectivity index (χ1v) is 6.54. The van der Waals surface area contributed by atoms with Crippen LogP contribution in [0.2, 0.25) is 0 Å². The van der Waals surface area contributed by atoms with E-state index in [2.05, 4.69) is 0 Å². The fourth-order valence-corrected chi connectivity index (χ4v) is 2.31. The topological polar surface area (TPSA) is 29.5 Å². The van der Waals surface area contributed by atoms with E-state index in [4.69, 9.17) is 34.9 Å². The molecule has 2 nitrogen and oxygen atoms in total. The minimum atomic E-state index is -4.28. The summed E-state index contributed by atoms with van der Waals surface area (Å²) in [4.78, 5) is 0. The van der Waals surface area contributed by atoms with E-state index >= 15 is 0 Å². The predicted octanol–water partition coefficient (Wildman–Crippen LogP) is 5.74.